The normalized spacial score (nSPS) is 8.92. The first-order valence-electron chi connectivity index (χ1n) is 3.24. The number of carbonyl (C=O) groups is 1. The molecule has 0 saturated heterocycles. The maximum Gasteiger partial charge on any atom is 0.161 e. The molecule has 1 rings (SSSR count). The lowest BCUT2D eigenvalue weighted by atomic mass is 10.1. The van der Waals surface area contributed by atoms with E-state index >= 15 is 0 Å². The van der Waals surface area contributed by atoms with E-state index in [2.05, 4.69) is 20.9 Å². The maximum atomic E-state index is 11.0. The summed E-state index contributed by atoms with van der Waals surface area (Å²) >= 11 is 3.25. The van der Waals surface area contributed by atoms with Crippen molar-refractivity contribution in [3.63, 3.8) is 0 Å². The largest absolute Gasteiger partial charge is 0.294 e. The Hall–Kier alpha value is -0.410. The molecule has 1 aromatic heterocycles. The summed E-state index contributed by atoms with van der Waals surface area (Å²) in [6.07, 6.45) is 1.68. The summed E-state index contributed by atoms with van der Waals surface area (Å²) in [5.74, 6) is 0.0521. The summed E-state index contributed by atoms with van der Waals surface area (Å²) in [6, 6.07) is 1.78. The number of halogens is 2. The molecule has 66 valence electrons. The molecule has 0 saturated carbocycles. The zero-order valence-electron chi connectivity index (χ0n) is 6.80. The van der Waals surface area contributed by atoms with Crippen LogP contribution in [0.1, 0.15) is 23.0 Å². The van der Waals surface area contributed by atoms with Gasteiger partial charge >= 0.3 is 0 Å². The fourth-order valence-corrected chi connectivity index (χ4v) is 1.20. The van der Waals surface area contributed by atoms with Gasteiger partial charge in [-0.05, 0) is 35.8 Å². The Labute approximate surface area is 85.9 Å². The highest BCUT2D eigenvalue weighted by atomic mass is 79.9. The van der Waals surface area contributed by atoms with Gasteiger partial charge < -0.3 is 0 Å². The summed E-state index contributed by atoms with van der Waals surface area (Å²) in [6.45, 7) is 3.36. The first-order valence-corrected chi connectivity index (χ1v) is 4.03. The summed E-state index contributed by atoms with van der Waals surface area (Å²) in [4.78, 5) is 15.0. The molecular formula is C8H9BrClNO. The second-order valence-electron chi connectivity index (χ2n) is 2.34. The van der Waals surface area contributed by atoms with Crippen LogP contribution in [0.15, 0.2) is 16.7 Å². The molecule has 1 heterocycles. The summed E-state index contributed by atoms with van der Waals surface area (Å²) in [7, 11) is 0. The van der Waals surface area contributed by atoms with Crippen LogP contribution in [0, 0.1) is 6.92 Å². The molecule has 0 N–H and O–H groups in total. The van der Waals surface area contributed by atoms with E-state index in [4.69, 9.17) is 0 Å². The molecule has 0 aliphatic rings. The van der Waals surface area contributed by atoms with Crippen molar-refractivity contribution in [2.45, 2.75) is 13.8 Å². The van der Waals surface area contributed by atoms with Gasteiger partial charge in [0.1, 0.15) is 0 Å². The quantitative estimate of drug-likeness (QED) is 0.718. The van der Waals surface area contributed by atoms with Crippen LogP contribution >= 0.6 is 28.3 Å². The van der Waals surface area contributed by atoms with Crippen molar-refractivity contribution in [1.29, 1.82) is 0 Å². The smallest absolute Gasteiger partial charge is 0.161 e. The van der Waals surface area contributed by atoms with Gasteiger partial charge in [-0.2, -0.15) is 0 Å². The minimum absolute atomic E-state index is 0. The van der Waals surface area contributed by atoms with E-state index in [9.17, 15) is 4.79 Å². The van der Waals surface area contributed by atoms with E-state index < -0.39 is 0 Å². The lowest BCUT2D eigenvalue weighted by Gasteiger charge is -1.99. The van der Waals surface area contributed by atoms with Crippen LogP contribution < -0.4 is 0 Å². The highest BCUT2D eigenvalue weighted by Gasteiger charge is 2.04. The molecule has 0 aliphatic carbocycles. The maximum absolute atomic E-state index is 11.0. The van der Waals surface area contributed by atoms with Crippen molar-refractivity contribution in [3.05, 3.63) is 28.0 Å². The van der Waals surface area contributed by atoms with E-state index in [1.54, 1.807) is 12.3 Å². The zero-order chi connectivity index (χ0) is 8.43. The fourth-order valence-electron chi connectivity index (χ4n) is 0.864. The molecule has 1 aromatic rings. The third-order valence-corrected chi connectivity index (χ3v) is 1.87. The highest BCUT2D eigenvalue weighted by Crippen LogP contribution is 2.13. The average molecular weight is 251 g/mol. The number of hydrogen-bond acceptors (Lipinski definition) is 2. The van der Waals surface area contributed by atoms with E-state index in [-0.39, 0.29) is 18.2 Å². The predicted molar refractivity (Wildman–Crippen MR) is 53.9 cm³/mol. The molecule has 0 radical (unpaired) electrons. The topological polar surface area (TPSA) is 30.0 Å². The van der Waals surface area contributed by atoms with Crippen LogP contribution in [0.5, 0.6) is 0 Å². The number of pyridine rings is 1. The molecule has 0 amide bonds. The molecule has 0 bridgehead atoms. The van der Waals surface area contributed by atoms with E-state index in [1.807, 2.05) is 6.92 Å². The molecule has 0 fully saturated rings. The first kappa shape index (κ1) is 11.6. The average Bonchev–Trinajstić information content (AvgIpc) is 1.94. The van der Waals surface area contributed by atoms with Crippen LogP contribution in [0.2, 0.25) is 0 Å². The van der Waals surface area contributed by atoms with Crippen molar-refractivity contribution in [1.82, 2.24) is 4.98 Å². The lowest BCUT2D eigenvalue weighted by molar-refractivity contribution is 0.101. The number of carbonyl (C=O) groups excluding carboxylic acids is 1. The van der Waals surface area contributed by atoms with Crippen LogP contribution in [0.25, 0.3) is 0 Å². The molecule has 0 unspecified atom stereocenters. The van der Waals surface area contributed by atoms with Crippen molar-refractivity contribution in [2.75, 3.05) is 0 Å². The Morgan fingerprint density at radius 3 is 2.58 bits per heavy atom. The van der Waals surface area contributed by atoms with Gasteiger partial charge in [0.05, 0.1) is 0 Å². The Balaban J connectivity index is 0.00000121. The van der Waals surface area contributed by atoms with Gasteiger partial charge in [0.2, 0.25) is 0 Å². The van der Waals surface area contributed by atoms with Gasteiger partial charge in [0.15, 0.2) is 5.78 Å². The van der Waals surface area contributed by atoms with Gasteiger partial charge in [0.25, 0.3) is 0 Å². The number of nitrogens with zero attached hydrogens (tertiary/aromatic N) is 1. The van der Waals surface area contributed by atoms with E-state index in [0.717, 1.165) is 10.2 Å². The Morgan fingerprint density at radius 1 is 1.58 bits per heavy atom. The molecule has 0 aromatic carbocycles. The first-order chi connectivity index (χ1) is 5.11. The summed E-state index contributed by atoms with van der Waals surface area (Å²) < 4.78 is 0.841. The van der Waals surface area contributed by atoms with Crippen LogP contribution in [-0.2, 0) is 0 Å². The van der Waals surface area contributed by atoms with Gasteiger partial charge in [-0.25, -0.2) is 0 Å². The number of rotatable bonds is 1. The molecular weight excluding hydrogens is 241 g/mol. The van der Waals surface area contributed by atoms with Crippen LogP contribution in [-0.4, -0.2) is 10.8 Å². The van der Waals surface area contributed by atoms with Crippen LogP contribution in [0.3, 0.4) is 0 Å². The number of Topliss-reactive ketones (excluding diaryl/α,β-unsaturated/α-hetero) is 1. The van der Waals surface area contributed by atoms with Gasteiger partial charge in [0, 0.05) is 21.9 Å². The second-order valence-corrected chi connectivity index (χ2v) is 3.26. The minimum atomic E-state index is 0. The van der Waals surface area contributed by atoms with Crippen molar-refractivity contribution in [3.8, 4) is 0 Å². The molecule has 12 heavy (non-hydrogen) atoms. The molecule has 0 spiro atoms. The molecule has 4 heteroatoms. The number of ketones is 1. The summed E-state index contributed by atoms with van der Waals surface area (Å²) in [5, 5.41) is 0. The van der Waals surface area contributed by atoms with Gasteiger partial charge in [-0.1, -0.05) is 0 Å². The third-order valence-electron chi connectivity index (χ3n) is 1.43. The van der Waals surface area contributed by atoms with E-state index in [1.165, 1.54) is 6.92 Å². The Bertz CT molecular complexity index is 301. The number of aromatic nitrogens is 1. The number of aryl methyl sites for hydroxylation is 1. The third kappa shape index (κ3) is 2.57. The van der Waals surface area contributed by atoms with Gasteiger partial charge in [-0.15, -0.1) is 12.4 Å². The molecule has 2 nitrogen and oxygen atoms in total. The standard InChI is InChI=1S/C8H8BrNO.ClH/c1-5-8(6(2)11)3-7(9)4-10-5;/h3-4H,1-2H3;1H. The predicted octanol–water partition coefficient (Wildman–Crippen LogP) is 2.78. The minimum Gasteiger partial charge on any atom is -0.294 e. The fraction of sp³-hybridized carbons (Fsp3) is 0.250. The lowest BCUT2D eigenvalue weighted by Crippen LogP contribution is -1.97. The Morgan fingerprint density at radius 2 is 2.17 bits per heavy atom. The van der Waals surface area contributed by atoms with Crippen molar-refractivity contribution in [2.24, 2.45) is 0 Å². The number of hydrogen-bond donors (Lipinski definition) is 0. The van der Waals surface area contributed by atoms with E-state index in [0.29, 0.717) is 5.56 Å². The van der Waals surface area contributed by atoms with Crippen molar-refractivity contribution < 1.29 is 4.79 Å². The second kappa shape index (κ2) is 4.58. The van der Waals surface area contributed by atoms with Gasteiger partial charge in [-0.3, -0.25) is 9.78 Å². The Kier molecular flexibility index (Phi) is 4.42. The van der Waals surface area contributed by atoms with Crippen molar-refractivity contribution >= 4 is 34.1 Å². The summed E-state index contributed by atoms with van der Waals surface area (Å²) in [5.41, 5.74) is 1.46. The highest BCUT2D eigenvalue weighted by molar-refractivity contribution is 9.10. The SMILES string of the molecule is CC(=O)c1cc(Br)cnc1C.Cl. The molecule has 0 atom stereocenters. The molecule has 0 aliphatic heterocycles. The monoisotopic (exact) mass is 249 g/mol. The zero-order valence-corrected chi connectivity index (χ0v) is 9.20. The van der Waals surface area contributed by atoms with Crippen LogP contribution in [0.4, 0.5) is 0 Å².